The highest BCUT2D eigenvalue weighted by molar-refractivity contribution is 5.83. The fraction of sp³-hybridized carbons (Fsp3) is 0.619. The summed E-state index contributed by atoms with van der Waals surface area (Å²) in [7, 11) is 3.18. The van der Waals surface area contributed by atoms with Crippen LogP contribution in [0.1, 0.15) is 76.7 Å². The Hall–Kier alpha value is -2.04. The van der Waals surface area contributed by atoms with Gasteiger partial charge in [0.15, 0.2) is 11.5 Å². The van der Waals surface area contributed by atoms with Crippen molar-refractivity contribution in [1.29, 1.82) is 0 Å². The minimum Gasteiger partial charge on any atom is -0.493 e. The summed E-state index contributed by atoms with van der Waals surface area (Å²) in [6, 6.07) is 5.48. The minimum atomic E-state index is -0.0373. The summed E-state index contributed by atoms with van der Waals surface area (Å²) in [6.07, 6.45) is 13.3. The highest BCUT2D eigenvalue weighted by Gasteiger charge is 2.03. The molecule has 0 spiro atoms. The molecule has 0 atom stereocenters. The molecule has 0 aromatic heterocycles. The average molecular weight is 363 g/mol. The van der Waals surface area contributed by atoms with Crippen LogP contribution in [0.5, 0.6) is 11.5 Å². The van der Waals surface area contributed by atoms with E-state index in [-0.39, 0.29) is 5.91 Å². The van der Waals surface area contributed by atoms with Crippen LogP contribution in [-0.2, 0) is 4.79 Å². The maximum Gasteiger partial charge on any atom is 0.240 e. The van der Waals surface area contributed by atoms with Crippen molar-refractivity contribution in [1.82, 2.24) is 5.43 Å². The summed E-state index contributed by atoms with van der Waals surface area (Å²) in [5.74, 6) is 1.26. The number of unbranched alkanes of at least 4 members (excludes halogenated alkanes) is 8. The molecule has 1 rings (SSSR count). The number of carbonyl (C=O) groups excluding carboxylic acids is 1. The molecule has 26 heavy (non-hydrogen) atoms. The van der Waals surface area contributed by atoms with E-state index in [0.29, 0.717) is 17.9 Å². The van der Waals surface area contributed by atoms with Gasteiger partial charge in [0, 0.05) is 6.42 Å². The third-order valence-corrected chi connectivity index (χ3v) is 4.32. The monoisotopic (exact) mass is 362 g/mol. The number of hydrogen-bond donors (Lipinski definition) is 1. The average Bonchev–Trinajstić information content (AvgIpc) is 2.66. The molecule has 5 nitrogen and oxygen atoms in total. The van der Waals surface area contributed by atoms with Crippen LogP contribution in [0.2, 0.25) is 0 Å². The highest BCUT2D eigenvalue weighted by atomic mass is 16.5. The largest absolute Gasteiger partial charge is 0.493 e. The molecule has 0 aliphatic heterocycles. The van der Waals surface area contributed by atoms with Crippen molar-refractivity contribution in [3.8, 4) is 11.5 Å². The number of rotatable bonds is 14. The standard InChI is InChI=1S/C21H34N2O3/c1-4-5-6-7-8-9-10-11-12-13-21(24)23-22-17-18-14-15-19(25-2)20(16-18)26-3/h14-17H,4-13H2,1-3H3,(H,23,24). The van der Waals surface area contributed by atoms with Gasteiger partial charge in [-0.3, -0.25) is 4.79 Å². The summed E-state index contributed by atoms with van der Waals surface area (Å²) >= 11 is 0. The SMILES string of the molecule is CCCCCCCCCCCC(=O)NN=Cc1ccc(OC)c(OC)c1. The van der Waals surface area contributed by atoms with Crippen LogP contribution in [0.4, 0.5) is 0 Å². The van der Waals surface area contributed by atoms with Gasteiger partial charge >= 0.3 is 0 Å². The Balaban J connectivity index is 2.15. The second-order valence-electron chi connectivity index (χ2n) is 6.49. The van der Waals surface area contributed by atoms with Crippen LogP contribution in [0.3, 0.4) is 0 Å². The first-order chi connectivity index (χ1) is 12.7. The number of nitrogens with zero attached hydrogens (tertiary/aromatic N) is 1. The number of carbonyl (C=O) groups is 1. The van der Waals surface area contributed by atoms with Gasteiger partial charge in [-0.05, 0) is 30.2 Å². The molecule has 0 aliphatic carbocycles. The Morgan fingerprint density at radius 3 is 2.19 bits per heavy atom. The lowest BCUT2D eigenvalue weighted by Crippen LogP contribution is -2.16. The molecule has 0 fully saturated rings. The Kier molecular flexibility index (Phi) is 12.0. The second-order valence-corrected chi connectivity index (χ2v) is 6.49. The third-order valence-electron chi connectivity index (χ3n) is 4.32. The van der Waals surface area contributed by atoms with E-state index < -0.39 is 0 Å². The fourth-order valence-electron chi connectivity index (χ4n) is 2.76. The first-order valence-electron chi connectivity index (χ1n) is 9.75. The number of hydrogen-bond acceptors (Lipinski definition) is 4. The van der Waals surface area contributed by atoms with E-state index in [2.05, 4.69) is 17.5 Å². The Morgan fingerprint density at radius 2 is 1.58 bits per heavy atom. The number of ether oxygens (including phenoxy) is 2. The van der Waals surface area contributed by atoms with Crippen molar-refractivity contribution in [2.24, 2.45) is 5.10 Å². The van der Waals surface area contributed by atoms with Crippen molar-refractivity contribution in [3.63, 3.8) is 0 Å². The van der Waals surface area contributed by atoms with Gasteiger partial charge in [0.25, 0.3) is 0 Å². The molecule has 5 heteroatoms. The Morgan fingerprint density at radius 1 is 0.962 bits per heavy atom. The van der Waals surface area contributed by atoms with Crippen molar-refractivity contribution in [2.45, 2.75) is 71.1 Å². The number of methoxy groups -OCH3 is 2. The predicted octanol–water partition coefficient (Wildman–Crippen LogP) is 5.07. The van der Waals surface area contributed by atoms with Crippen molar-refractivity contribution in [2.75, 3.05) is 14.2 Å². The molecule has 1 aromatic carbocycles. The fourth-order valence-corrected chi connectivity index (χ4v) is 2.76. The van der Waals surface area contributed by atoms with Gasteiger partial charge in [0.05, 0.1) is 20.4 Å². The molecular formula is C21H34N2O3. The van der Waals surface area contributed by atoms with Crippen molar-refractivity contribution >= 4 is 12.1 Å². The lowest BCUT2D eigenvalue weighted by Gasteiger charge is -2.07. The maximum absolute atomic E-state index is 11.8. The van der Waals surface area contributed by atoms with Gasteiger partial charge in [-0.1, -0.05) is 58.3 Å². The molecule has 1 N–H and O–H groups in total. The molecule has 0 aliphatic rings. The topological polar surface area (TPSA) is 59.9 Å². The lowest BCUT2D eigenvalue weighted by atomic mass is 10.1. The Bertz CT molecular complexity index is 544. The molecule has 0 heterocycles. The van der Waals surface area contributed by atoms with Crippen molar-refractivity contribution in [3.05, 3.63) is 23.8 Å². The van der Waals surface area contributed by atoms with Crippen LogP contribution in [0.15, 0.2) is 23.3 Å². The zero-order chi connectivity index (χ0) is 19.0. The zero-order valence-electron chi connectivity index (χ0n) is 16.6. The van der Waals surface area contributed by atoms with Crippen LogP contribution >= 0.6 is 0 Å². The molecule has 0 unspecified atom stereocenters. The molecule has 0 radical (unpaired) electrons. The summed E-state index contributed by atoms with van der Waals surface area (Å²) < 4.78 is 10.4. The third kappa shape index (κ3) is 9.44. The van der Waals surface area contributed by atoms with E-state index in [4.69, 9.17) is 9.47 Å². The summed E-state index contributed by atoms with van der Waals surface area (Å²) in [6.45, 7) is 2.24. The van der Waals surface area contributed by atoms with E-state index in [9.17, 15) is 4.79 Å². The zero-order valence-corrected chi connectivity index (χ0v) is 16.6. The number of nitrogens with one attached hydrogen (secondary N) is 1. The lowest BCUT2D eigenvalue weighted by molar-refractivity contribution is -0.121. The summed E-state index contributed by atoms with van der Waals surface area (Å²) in [5, 5.41) is 4.01. The van der Waals surface area contributed by atoms with E-state index in [0.717, 1.165) is 18.4 Å². The maximum atomic E-state index is 11.8. The van der Waals surface area contributed by atoms with Gasteiger partial charge in [0.1, 0.15) is 0 Å². The van der Waals surface area contributed by atoms with Crippen LogP contribution in [0.25, 0.3) is 0 Å². The molecule has 0 saturated heterocycles. The van der Waals surface area contributed by atoms with E-state index >= 15 is 0 Å². The first kappa shape index (κ1) is 22.0. The minimum absolute atomic E-state index is 0.0373. The molecule has 1 aromatic rings. The molecule has 0 bridgehead atoms. The number of hydrazone groups is 1. The first-order valence-corrected chi connectivity index (χ1v) is 9.75. The van der Waals surface area contributed by atoms with Crippen LogP contribution < -0.4 is 14.9 Å². The molecule has 0 saturated carbocycles. The van der Waals surface area contributed by atoms with Crippen LogP contribution in [0, 0.1) is 0 Å². The van der Waals surface area contributed by atoms with Gasteiger partial charge < -0.3 is 9.47 Å². The van der Waals surface area contributed by atoms with Gasteiger partial charge in [0.2, 0.25) is 5.91 Å². The van der Waals surface area contributed by atoms with Gasteiger partial charge in [-0.25, -0.2) is 5.43 Å². The summed E-state index contributed by atoms with van der Waals surface area (Å²) in [5.41, 5.74) is 3.42. The van der Waals surface area contributed by atoms with E-state index in [1.54, 1.807) is 20.4 Å². The quantitative estimate of drug-likeness (QED) is 0.285. The molecule has 1 amide bonds. The molecule has 146 valence electrons. The number of amides is 1. The molecular weight excluding hydrogens is 328 g/mol. The normalized spacial score (nSPS) is 10.9. The van der Waals surface area contributed by atoms with E-state index in [1.165, 1.54) is 44.9 Å². The van der Waals surface area contributed by atoms with Gasteiger partial charge in [-0.2, -0.15) is 5.10 Å². The second kappa shape index (κ2) is 14.2. The van der Waals surface area contributed by atoms with Gasteiger partial charge in [-0.15, -0.1) is 0 Å². The Labute approximate surface area is 158 Å². The smallest absolute Gasteiger partial charge is 0.240 e. The van der Waals surface area contributed by atoms with Crippen molar-refractivity contribution < 1.29 is 14.3 Å². The van der Waals surface area contributed by atoms with E-state index in [1.807, 2.05) is 18.2 Å². The predicted molar refractivity (Wildman–Crippen MR) is 107 cm³/mol. The number of benzene rings is 1. The van der Waals surface area contributed by atoms with Crippen LogP contribution in [-0.4, -0.2) is 26.3 Å². The highest BCUT2D eigenvalue weighted by Crippen LogP contribution is 2.26. The summed E-state index contributed by atoms with van der Waals surface area (Å²) in [4.78, 5) is 11.8.